The normalized spacial score (nSPS) is 20.1. The van der Waals surface area contributed by atoms with Crippen molar-refractivity contribution in [2.45, 2.75) is 190 Å². The summed E-state index contributed by atoms with van der Waals surface area (Å²) in [7, 11) is 0. The van der Waals surface area contributed by atoms with Crippen LogP contribution in [0.2, 0.25) is 0 Å². The maximum atomic E-state index is 14.7. The Balaban J connectivity index is 0.000000159. The van der Waals surface area contributed by atoms with Gasteiger partial charge in [0.05, 0.1) is 5.56 Å². The van der Waals surface area contributed by atoms with E-state index in [0.717, 1.165) is 111 Å². The SMILES string of the molecule is C.CC1CCC(C2CCC(C)CC2)CC1.Cc1c(F)cc(OC(F)(F)c2ccc(-c3ccc(C4CCC(C)CC4)cc3)cc2)cc1F.Cc1ccc(-c2ccc(-c3cc(F)c(C(F)(F)Oc4cc(F)c(C)c(F)c4)c(F)c3)cc2)cc1.Cc1ccc(-c2ccc(-c3ccc(C4CCC(C)CC4)cc3)cc2F)cc1. The number of halogens is 11. The van der Waals surface area contributed by atoms with E-state index in [9.17, 15) is 48.3 Å². The van der Waals surface area contributed by atoms with Crippen LogP contribution in [0.1, 0.15) is 194 Å². The highest BCUT2D eigenvalue weighted by Gasteiger charge is 2.42. The third kappa shape index (κ3) is 21.1. The van der Waals surface area contributed by atoms with E-state index in [0.29, 0.717) is 35.1 Å². The third-order valence-corrected chi connectivity index (χ3v) is 22.7. The van der Waals surface area contributed by atoms with E-state index in [1.54, 1.807) is 68.1 Å². The molecule has 0 heterocycles. The first kappa shape index (κ1) is 81.5. The summed E-state index contributed by atoms with van der Waals surface area (Å²) in [4.78, 5) is 0. The van der Waals surface area contributed by atoms with Crippen molar-refractivity contribution in [2.24, 2.45) is 35.5 Å². The Hall–Kier alpha value is -8.97. The molecule has 0 aromatic heterocycles. The lowest BCUT2D eigenvalue weighted by Gasteiger charge is -2.36. The average molecular weight is 1480 g/mol. The second kappa shape index (κ2) is 36.5. The van der Waals surface area contributed by atoms with Crippen molar-refractivity contribution in [3.63, 3.8) is 0 Å². The zero-order chi connectivity index (χ0) is 76.3. The zero-order valence-electron chi connectivity index (χ0n) is 62.5. The molecule has 14 rings (SSSR count). The number of ether oxygens (including phenoxy) is 2. The van der Waals surface area contributed by atoms with Gasteiger partial charge in [-0.1, -0.05) is 243 Å². The van der Waals surface area contributed by atoms with Gasteiger partial charge in [0.15, 0.2) is 0 Å². The molecular weight excluding hydrogens is 1380 g/mol. The third-order valence-electron chi connectivity index (χ3n) is 22.7. The Morgan fingerprint density at radius 1 is 0.278 bits per heavy atom. The molecule has 2 nitrogen and oxygen atoms in total. The fraction of sp³-hybridized carbons (Fsp3) is 0.368. The van der Waals surface area contributed by atoms with Crippen LogP contribution in [0.25, 0.3) is 55.6 Å². The standard InChI is InChI=1S/C27H18F6O.C27H26F4O.C26H27F.C14H26.CH4/c1-15-3-5-17(6-4-15)18-7-9-19(10-8-18)20-11-24(30)26(25(31)12-20)27(32,33)34-21-13-22(28)16(2)23(29)14-21;1-17-3-5-19(6-4-17)20-7-9-21(10-8-20)22-11-13-23(14-12-22)27(30,31)32-24-15-25(28)18(2)26(29)16-24;1-18-3-7-20(8-4-18)21-11-13-22(14-12-21)24-15-16-25(26(27)17-24)23-9-5-19(2)6-10-23;1-11-3-7-13(8-4-11)14-9-5-12(2)6-10-14;/h3-14H,1-2H3;7-17,19H,3-6H2,1-2H3;5-6,9-18,20H,3-4,7-8H2,1-2H3;11-14H,3-10H2,1-2H3;1H4. The molecule has 4 aliphatic carbocycles. The van der Waals surface area contributed by atoms with Crippen molar-refractivity contribution in [3.05, 3.63) is 285 Å². The molecule has 570 valence electrons. The van der Waals surface area contributed by atoms with Crippen LogP contribution < -0.4 is 9.47 Å². The summed E-state index contributed by atoms with van der Waals surface area (Å²) in [6.45, 7) is 15.9. The lowest BCUT2D eigenvalue weighted by Crippen LogP contribution is -2.25. The first-order valence-electron chi connectivity index (χ1n) is 38.0. The van der Waals surface area contributed by atoms with Gasteiger partial charge in [-0.25, -0.2) is 30.7 Å². The van der Waals surface area contributed by atoms with E-state index < -0.39 is 75.3 Å². The lowest BCUT2D eigenvalue weighted by molar-refractivity contribution is -0.189. The van der Waals surface area contributed by atoms with Crippen molar-refractivity contribution >= 4 is 0 Å². The van der Waals surface area contributed by atoms with Gasteiger partial charge in [-0.2, -0.15) is 17.6 Å². The van der Waals surface area contributed by atoms with E-state index in [2.05, 4.69) is 73.6 Å². The van der Waals surface area contributed by atoms with Crippen LogP contribution in [0.3, 0.4) is 0 Å². The topological polar surface area (TPSA) is 18.5 Å². The Morgan fingerprint density at radius 3 is 0.917 bits per heavy atom. The van der Waals surface area contributed by atoms with Gasteiger partial charge in [0.2, 0.25) is 0 Å². The summed E-state index contributed by atoms with van der Waals surface area (Å²) in [5.74, 6) is -1.65. The van der Waals surface area contributed by atoms with E-state index in [4.69, 9.17) is 0 Å². The fourth-order valence-corrected chi connectivity index (χ4v) is 15.5. The van der Waals surface area contributed by atoms with Gasteiger partial charge >= 0.3 is 12.2 Å². The molecule has 0 unspecified atom stereocenters. The Morgan fingerprint density at radius 2 is 0.556 bits per heavy atom. The van der Waals surface area contributed by atoms with Gasteiger partial charge in [-0.3, -0.25) is 0 Å². The van der Waals surface area contributed by atoms with Crippen LogP contribution in [0, 0.1) is 104 Å². The quantitative estimate of drug-likeness (QED) is 0.101. The Kier molecular flexibility index (Phi) is 27.6. The molecule has 13 heteroatoms. The predicted octanol–water partition coefficient (Wildman–Crippen LogP) is 29.7. The molecule has 0 N–H and O–H groups in total. The summed E-state index contributed by atoms with van der Waals surface area (Å²) >= 11 is 0. The van der Waals surface area contributed by atoms with E-state index in [1.165, 1.54) is 113 Å². The minimum Gasteiger partial charge on any atom is -0.429 e. The summed E-state index contributed by atoms with van der Waals surface area (Å²) in [5.41, 5.74) is 9.98. The molecule has 4 saturated carbocycles. The second-order valence-corrected chi connectivity index (χ2v) is 30.9. The van der Waals surface area contributed by atoms with Crippen molar-refractivity contribution in [3.8, 4) is 67.1 Å². The van der Waals surface area contributed by atoms with Crippen LogP contribution in [-0.4, -0.2) is 0 Å². The zero-order valence-corrected chi connectivity index (χ0v) is 62.5. The molecule has 0 bridgehead atoms. The van der Waals surface area contributed by atoms with Gasteiger partial charge in [-0.05, 0) is 218 Å². The molecule has 4 fully saturated rings. The average Bonchev–Trinajstić information content (AvgIpc) is 0.779. The maximum Gasteiger partial charge on any atom is 0.432 e. The van der Waals surface area contributed by atoms with Crippen LogP contribution in [0.4, 0.5) is 48.3 Å². The van der Waals surface area contributed by atoms with E-state index >= 15 is 0 Å². The molecule has 10 aromatic rings. The second-order valence-electron chi connectivity index (χ2n) is 30.9. The van der Waals surface area contributed by atoms with Crippen molar-refractivity contribution in [1.29, 1.82) is 0 Å². The maximum absolute atomic E-state index is 14.7. The summed E-state index contributed by atoms with van der Waals surface area (Å²) < 4.78 is 166. The lowest BCUT2D eigenvalue weighted by atomic mass is 9.70. The largest absolute Gasteiger partial charge is 0.432 e. The fourth-order valence-electron chi connectivity index (χ4n) is 15.5. The smallest absolute Gasteiger partial charge is 0.429 e. The molecule has 4 aliphatic rings. The number of hydrogen-bond donors (Lipinski definition) is 0. The Bertz CT molecular complexity index is 4450. The summed E-state index contributed by atoms with van der Waals surface area (Å²) in [6.07, 6.45) is 14.1. The van der Waals surface area contributed by atoms with Crippen LogP contribution in [0.15, 0.2) is 200 Å². The van der Waals surface area contributed by atoms with Crippen LogP contribution >= 0.6 is 0 Å². The highest BCUT2D eigenvalue weighted by atomic mass is 19.3. The van der Waals surface area contributed by atoms with Gasteiger partial charge in [0, 0.05) is 41.0 Å². The number of hydrogen-bond acceptors (Lipinski definition) is 2. The molecular formula is C95H101F11O2. The summed E-state index contributed by atoms with van der Waals surface area (Å²) in [5, 5.41) is 0. The first-order valence-corrected chi connectivity index (χ1v) is 38.0. The number of aryl methyl sites for hydroxylation is 2. The van der Waals surface area contributed by atoms with Gasteiger partial charge in [0.1, 0.15) is 57.8 Å². The minimum absolute atomic E-state index is 0. The summed E-state index contributed by atoms with van der Waals surface area (Å²) in [6, 6.07) is 55.0. The van der Waals surface area contributed by atoms with Crippen molar-refractivity contribution in [1.82, 2.24) is 0 Å². The molecule has 0 spiro atoms. The number of alkyl halides is 4. The monoisotopic (exact) mass is 1480 g/mol. The number of benzene rings is 10. The molecule has 0 aliphatic heterocycles. The highest BCUT2D eigenvalue weighted by Crippen LogP contribution is 2.44. The molecule has 0 atom stereocenters. The van der Waals surface area contributed by atoms with Crippen LogP contribution in [-0.2, 0) is 12.2 Å². The van der Waals surface area contributed by atoms with E-state index in [1.807, 2.05) is 86.6 Å². The number of rotatable bonds is 14. The van der Waals surface area contributed by atoms with Gasteiger partial charge in [-0.15, -0.1) is 0 Å². The van der Waals surface area contributed by atoms with Crippen LogP contribution in [0.5, 0.6) is 11.5 Å². The Labute approximate surface area is 632 Å². The molecule has 0 amide bonds. The van der Waals surface area contributed by atoms with Gasteiger partial charge < -0.3 is 9.47 Å². The van der Waals surface area contributed by atoms with Crippen molar-refractivity contribution in [2.75, 3.05) is 0 Å². The van der Waals surface area contributed by atoms with Gasteiger partial charge in [0.25, 0.3) is 0 Å². The first-order chi connectivity index (χ1) is 51.1. The minimum atomic E-state index is -4.52. The predicted molar refractivity (Wildman–Crippen MR) is 417 cm³/mol. The molecule has 0 radical (unpaired) electrons. The van der Waals surface area contributed by atoms with E-state index in [-0.39, 0.29) is 24.4 Å². The molecule has 10 aromatic carbocycles. The molecule has 0 saturated heterocycles. The highest BCUT2D eigenvalue weighted by molar-refractivity contribution is 5.73. The van der Waals surface area contributed by atoms with Crippen molar-refractivity contribution < 1.29 is 57.8 Å². The molecule has 108 heavy (non-hydrogen) atoms.